The summed E-state index contributed by atoms with van der Waals surface area (Å²) in [4.78, 5) is 35.7. The van der Waals surface area contributed by atoms with Gasteiger partial charge in [0.2, 0.25) is 0 Å². The second-order valence-corrected chi connectivity index (χ2v) is 15.4. The molecule has 2 saturated heterocycles. The topological polar surface area (TPSA) is 84.0 Å². The van der Waals surface area contributed by atoms with Gasteiger partial charge in [0, 0.05) is 75.6 Å². The molecule has 2 aliphatic rings. The quantitative estimate of drug-likeness (QED) is 0.122. The number of nitrogens with zero attached hydrogens (tertiary/aromatic N) is 4. The van der Waals surface area contributed by atoms with Gasteiger partial charge >= 0.3 is 12.1 Å². The number of hydrogen-bond acceptors (Lipinski definition) is 10. The molecule has 0 N–H and O–H groups in total. The molecule has 4 unspecified atom stereocenters. The van der Waals surface area contributed by atoms with Crippen molar-refractivity contribution < 1.29 is 28.5 Å². The molecule has 42 heavy (non-hydrogen) atoms. The van der Waals surface area contributed by atoms with Gasteiger partial charge in [-0.25, -0.2) is 9.59 Å². The van der Waals surface area contributed by atoms with Gasteiger partial charge in [-0.2, -0.15) is 0 Å². The molecule has 0 saturated carbocycles. The lowest BCUT2D eigenvalue weighted by Gasteiger charge is -2.30. The van der Waals surface area contributed by atoms with E-state index in [1.54, 1.807) is 47.0 Å². The van der Waals surface area contributed by atoms with Gasteiger partial charge in [0.05, 0.1) is 21.7 Å². The Kier molecular flexibility index (Phi) is 18.7. The molecule has 0 spiro atoms. The molecule has 2 heterocycles. The zero-order chi connectivity index (χ0) is 31.1. The molecule has 0 aromatic carbocycles. The minimum Gasteiger partial charge on any atom is -0.368 e. The van der Waals surface area contributed by atoms with Crippen LogP contribution in [0.15, 0.2) is 0 Å². The Bertz CT molecular complexity index is 673. The standard InChI is InChI=1S/C28H54N4O6S4/c1-9-35-21(5)39-17-13-29-25-26(31(27(29)33)15-19-41-23(7)37-11-3)32(16-20-42-24(8)38-12-4)28(34)30(25)14-18-40-22(6)36-10-2/h21-26H,9-20H2,1-8H3. The van der Waals surface area contributed by atoms with Gasteiger partial charge in [-0.05, 0) is 55.4 Å². The van der Waals surface area contributed by atoms with Crippen molar-refractivity contribution in [3.63, 3.8) is 0 Å². The van der Waals surface area contributed by atoms with Crippen LogP contribution in [0.3, 0.4) is 0 Å². The monoisotopic (exact) mass is 670 g/mol. The van der Waals surface area contributed by atoms with Crippen molar-refractivity contribution in [1.29, 1.82) is 0 Å². The SMILES string of the molecule is CCOC(C)SCCN1C(=O)N(CCSC(C)OCC)C2C1N(CCSC(C)OCC)C(=O)N2CCSC(C)OCC. The molecule has 0 bridgehead atoms. The summed E-state index contributed by atoms with van der Waals surface area (Å²) in [6, 6.07) is -0.0139. The van der Waals surface area contributed by atoms with Crippen LogP contribution >= 0.6 is 47.0 Å². The summed E-state index contributed by atoms with van der Waals surface area (Å²) in [6.07, 6.45) is -0.667. The molecular weight excluding hydrogens is 617 g/mol. The van der Waals surface area contributed by atoms with E-state index in [9.17, 15) is 9.59 Å². The fraction of sp³-hybridized carbons (Fsp3) is 0.929. The van der Waals surface area contributed by atoms with Gasteiger partial charge in [-0.3, -0.25) is 19.6 Å². The zero-order valence-electron chi connectivity index (χ0n) is 26.8. The first-order chi connectivity index (χ1) is 20.2. The average molecular weight is 671 g/mol. The number of carbonyl (C=O) groups excluding carboxylic acids is 2. The molecule has 0 radical (unpaired) electrons. The van der Waals surface area contributed by atoms with Crippen molar-refractivity contribution in [1.82, 2.24) is 19.6 Å². The molecule has 2 aliphatic heterocycles. The molecule has 0 aliphatic carbocycles. The number of carbonyl (C=O) groups is 2. The van der Waals surface area contributed by atoms with Crippen LogP contribution < -0.4 is 0 Å². The number of thioether (sulfide) groups is 4. The normalized spacial score (nSPS) is 21.8. The number of urea groups is 2. The molecule has 2 rings (SSSR count). The Hall–Kier alpha value is -0.220. The van der Waals surface area contributed by atoms with Crippen LogP contribution in [-0.2, 0) is 18.9 Å². The molecule has 10 nitrogen and oxygen atoms in total. The maximum absolute atomic E-state index is 14.0. The third kappa shape index (κ3) is 11.6. The zero-order valence-corrected chi connectivity index (χ0v) is 30.1. The first-order valence-corrected chi connectivity index (χ1v) is 19.5. The molecule has 0 aromatic rings. The van der Waals surface area contributed by atoms with Crippen LogP contribution in [0, 0.1) is 0 Å². The van der Waals surface area contributed by atoms with E-state index in [0.717, 1.165) is 23.0 Å². The van der Waals surface area contributed by atoms with Crippen LogP contribution in [0.2, 0.25) is 0 Å². The number of amides is 4. The predicted octanol–water partition coefficient (Wildman–Crippen LogP) is 5.58. The lowest BCUT2D eigenvalue weighted by molar-refractivity contribution is 0.130. The van der Waals surface area contributed by atoms with Gasteiger partial charge < -0.3 is 18.9 Å². The predicted molar refractivity (Wildman–Crippen MR) is 179 cm³/mol. The molecule has 0 aromatic heterocycles. The van der Waals surface area contributed by atoms with Crippen LogP contribution in [0.25, 0.3) is 0 Å². The highest BCUT2D eigenvalue weighted by atomic mass is 32.2. The average Bonchev–Trinajstić information content (AvgIpc) is 3.35. The fourth-order valence-electron chi connectivity index (χ4n) is 5.07. The van der Waals surface area contributed by atoms with E-state index in [0.29, 0.717) is 52.6 Å². The van der Waals surface area contributed by atoms with E-state index in [1.165, 1.54) is 0 Å². The van der Waals surface area contributed by atoms with Gasteiger partial charge in [0.25, 0.3) is 0 Å². The summed E-state index contributed by atoms with van der Waals surface area (Å²) < 4.78 is 22.8. The van der Waals surface area contributed by atoms with Crippen LogP contribution in [0.5, 0.6) is 0 Å². The van der Waals surface area contributed by atoms with Gasteiger partial charge in [0.15, 0.2) is 0 Å². The molecule has 2 fully saturated rings. The third-order valence-electron chi connectivity index (χ3n) is 6.87. The number of rotatable bonds is 24. The van der Waals surface area contributed by atoms with Crippen molar-refractivity contribution in [2.45, 2.75) is 89.5 Å². The number of hydrogen-bond donors (Lipinski definition) is 0. The highest BCUT2D eigenvalue weighted by molar-refractivity contribution is 8.00. The van der Waals surface area contributed by atoms with Crippen LogP contribution in [0.4, 0.5) is 9.59 Å². The summed E-state index contributed by atoms with van der Waals surface area (Å²) in [7, 11) is 0. The Labute approximate surface area is 271 Å². The Morgan fingerprint density at radius 1 is 0.500 bits per heavy atom. The molecule has 4 amide bonds. The summed E-state index contributed by atoms with van der Waals surface area (Å²) in [5.41, 5.74) is 0.203. The van der Waals surface area contributed by atoms with Crippen molar-refractivity contribution in [2.24, 2.45) is 0 Å². The highest BCUT2D eigenvalue weighted by Gasteiger charge is 2.58. The van der Waals surface area contributed by atoms with Gasteiger partial charge in [0.1, 0.15) is 12.3 Å². The first-order valence-electron chi connectivity index (χ1n) is 15.3. The summed E-state index contributed by atoms with van der Waals surface area (Å²) in [5.74, 6) is 2.94. The summed E-state index contributed by atoms with van der Waals surface area (Å²) in [6.45, 7) is 20.9. The smallest absolute Gasteiger partial charge is 0.323 e. The second-order valence-electron chi connectivity index (χ2n) is 9.74. The lowest BCUT2D eigenvalue weighted by Crippen LogP contribution is -2.48. The number of fused-ring (bicyclic) bond motifs is 1. The van der Waals surface area contributed by atoms with Crippen LogP contribution in [0.1, 0.15) is 55.4 Å². The van der Waals surface area contributed by atoms with E-state index in [-0.39, 0.29) is 46.1 Å². The van der Waals surface area contributed by atoms with Crippen molar-refractivity contribution in [2.75, 3.05) is 75.6 Å². The van der Waals surface area contributed by atoms with E-state index in [4.69, 9.17) is 18.9 Å². The van der Waals surface area contributed by atoms with Gasteiger partial charge in [-0.15, -0.1) is 47.0 Å². The molecule has 14 heteroatoms. The van der Waals surface area contributed by atoms with Crippen LogP contribution in [-0.4, -0.2) is 141 Å². The highest BCUT2D eigenvalue weighted by Crippen LogP contribution is 2.36. The fourth-order valence-corrected chi connectivity index (χ4v) is 8.54. The summed E-state index contributed by atoms with van der Waals surface area (Å²) >= 11 is 6.78. The molecule has 246 valence electrons. The Morgan fingerprint density at radius 3 is 0.905 bits per heavy atom. The maximum Gasteiger partial charge on any atom is 0.323 e. The number of ether oxygens (including phenoxy) is 4. The largest absolute Gasteiger partial charge is 0.368 e. The van der Waals surface area contributed by atoms with Crippen molar-refractivity contribution in [3.05, 3.63) is 0 Å². The van der Waals surface area contributed by atoms with Gasteiger partial charge in [-0.1, -0.05) is 0 Å². The van der Waals surface area contributed by atoms with E-state index in [2.05, 4.69) is 0 Å². The summed E-state index contributed by atoms with van der Waals surface area (Å²) in [5, 5.41) is 0. The molecule has 4 atom stereocenters. The lowest BCUT2D eigenvalue weighted by atomic mass is 10.3. The second kappa shape index (κ2) is 20.7. The maximum atomic E-state index is 14.0. The van der Waals surface area contributed by atoms with E-state index < -0.39 is 0 Å². The Balaban J connectivity index is 2.27. The third-order valence-corrected chi connectivity index (χ3v) is 11.0. The van der Waals surface area contributed by atoms with Crippen molar-refractivity contribution >= 4 is 59.1 Å². The first kappa shape index (κ1) is 38.0. The molecular formula is C28H54N4O6S4. The Morgan fingerprint density at radius 2 is 0.714 bits per heavy atom. The van der Waals surface area contributed by atoms with E-state index in [1.807, 2.05) is 75.0 Å². The minimum absolute atomic E-state index is 0.00694. The minimum atomic E-state index is -0.334. The van der Waals surface area contributed by atoms with E-state index >= 15 is 0 Å². The van der Waals surface area contributed by atoms with Crippen molar-refractivity contribution in [3.8, 4) is 0 Å².